The quantitative estimate of drug-likeness (QED) is 0.700. The second kappa shape index (κ2) is 2.85. The van der Waals surface area contributed by atoms with Crippen LogP contribution in [-0.2, 0) is 0 Å². The monoisotopic (exact) mass is 187 g/mol. The minimum atomic E-state index is -1.14. The fourth-order valence-corrected chi connectivity index (χ4v) is 1.32. The van der Waals surface area contributed by atoms with Crippen LogP contribution in [-0.4, -0.2) is 21.0 Å². The first-order valence-electron chi connectivity index (χ1n) is 3.83. The zero-order valence-corrected chi connectivity index (χ0v) is 6.98. The van der Waals surface area contributed by atoms with E-state index in [-0.39, 0.29) is 11.1 Å². The van der Waals surface area contributed by atoms with Gasteiger partial charge in [0.15, 0.2) is 0 Å². The lowest BCUT2D eigenvalue weighted by Gasteiger charge is -1.98. The lowest BCUT2D eigenvalue weighted by atomic mass is 10.1. The van der Waals surface area contributed by atoms with Gasteiger partial charge in [0.1, 0.15) is 17.1 Å². The first-order valence-corrected chi connectivity index (χ1v) is 3.83. The summed E-state index contributed by atoms with van der Waals surface area (Å²) in [4.78, 5) is 17.5. The van der Waals surface area contributed by atoms with Gasteiger partial charge in [0, 0.05) is 0 Å². The summed E-state index contributed by atoms with van der Waals surface area (Å²) in [5.41, 5.74) is 1.00. The van der Waals surface area contributed by atoms with Gasteiger partial charge in [-0.15, -0.1) is 0 Å². The number of fused-ring (bicyclic) bond motifs is 1. The van der Waals surface area contributed by atoms with Gasteiger partial charge in [0.2, 0.25) is 0 Å². The predicted molar refractivity (Wildman–Crippen MR) is 47.8 cm³/mol. The second-order valence-electron chi connectivity index (χ2n) is 2.70. The normalized spacial score (nSPS) is 9.93. The van der Waals surface area contributed by atoms with E-state index in [2.05, 4.69) is 9.97 Å². The maximum absolute atomic E-state index is 10.9. The van der Waals surface area contributed by atoms with Crippen LogP contribution in [0, 0.1) is 11.3 Å². The van der Waals surface area contributed by atoms with Gasteiger partial charge in [-0.05, 0) is 12.1 Å². The molecule has 0 unspecified atom stereocenters. The van der Waals surface area contributed by atoms with Crippen molar-refractivity contribution in [1.82, 2.24) is 9.97 Å². The summed E-state index contributed by atoms with van der Waals surface area (Å²) in [6.45, 7) is 0. The van der Waals surface area contributed by atoms with Crippen LogP contribution in [0.1, 0.15) is 15.9 Å². The van der Waals surface area contributed by atoms with Gasteiger partial charge in [-0.1, -0.05) is 0 Å². The third kappa shape index (κ3) is 1.02. The Bertz CT molecular complexity index is 551. The summed E-state index contributed by atoms with van der Waals surface area (Å²) in [6, 6.07) is 4.92. The highest BCUT2D eigenvalue weighted by atomic mass is 16.4. The first kappa shape index (κ1) is 8.26. The van der Waals surface area contributed by atoms with E-state index in [0.29, 0.717) is 11.0 Å². The Morgan fingerprint density at radius 2 is 2.36 bits per heavy atom. The van der Waals surface area contributed by atoms with Crippen molar-refractivity contribution in [3.8, 4) is 6.07 Å². The van der Waals surface area contributed by atoms with Crippen molar-refractivity contribution in [2.45, 2.75) is 0 Å². The number of aromatic nitrogens is 2. The molecule has 2 N–H and O–H groups in total. The molecule has 68 valence electrons. The molecule has 5 heteroatoms. The van der Waals surface area contributed by atoms with E-state index in [9.17, 15) is 4.79 Å². The number of benzene rings is 1. The summed E-state index contributed by atoms with van der Waals surface area (Å²) >= 11 is 0. The molecule has 0 aliphatic rings. The molecule has 0 bridgehead atoms. The van der Waals surface area contributed by atoms with Crippen LogP contribution in [0.2, 0.25) is 0 Å². The first-order chi connectivity index (χ1) is 6.74. The zero-order valence-electron chi connectivity index (χ0n) is 6.98. The highest BCUT2D eigenvalue weighted by Crippen LogP contribution is 2.18. The van der Waals surface area contributed by atoms with Crippen molar-refractivity contribution < 1.29 is 9.90 Å². The molecule has 0 fully saturated rings. The second-order valence-corrected chi connectivity index (χ2v) is 2.70. The Morgan fingerprint density at radius 3 is 3.00 bits per heavy atom. The predicted octanol–water partition coefficient (Wildman–Crippen LogP) is 1.13. The molecule has 0 aliphatic heterocycles. The molecule has 2 rings (SSSR count). The molecule has 1 heterocycles. The fraction of sp³-hybridized carbons (Fsp3) is 0. The lowest BCUT2D eigenvalue weighted by Crippen LogP contribution is -2.01. The molecule has 0 amide bonds. The van der Waals surface area contributed by atoms with Crippen LogP contribution in [0.25, 0.3) is 11.0 Å². The van der Waals surface area contributed by atoms with E-state index in [4.69, 9.17) is 10.4 Å². The third-order valence-electron chi connectivity index (χ3n) is 1.93. The van der Waals surface area contributed by atoms with Gasteiger partial charge in [0.25, 0.3) is 0 Å². The molecule has 5 nitrogen and oxygen atoms in total. The van der Waals surface area contributed by atoms with Crippen molar-refractivity contribution >= 4 is 17.0 Å². The van der Waals surface area contributed by atoms with Gasteiger partial charge in [-0.25, -0.2) is 9.78 Å². The number of carboxylic acid groups (broad SMARTS) is 1. The number of imidazole rings is 1. The van der Waals surface area contributed by atoms with Gasteiger partial charge in [0.05, 0.1) is 17.4 Å². The number of hydrogen-bond donors (Lipinski definition) is 2. The molecule has 0 saturated heterocycles. The number of nitrogens with zero attached hydrogens (tertiary/aromatic N) is 2. The highest BCUT2D eigenvalue weighted by Gasteiger charge is 2.15. The standard InChI is InChI=1S/C9H5N3O2/c10-3-5-1-2-6-8(12-4-11-6)7(5)9(13)14/h1-2,4H,(H,11,12)(H,13,14). The molecule has 0 spiro atoms. The van der Waals surface area contributed by atoms with E-state index >= 15 is 0 Å². The molecular formula is C9H5N3O2. The number of carboxylic acids is 1. The fourth-order valence-electron chi connectivity index (χ4n) is 1.32. The Labute approximate surface area is 78.6 Å². The Morgan fingerprint density at radius 1 is 1.57 bits per heavy atom. The summed E-state index contributed by atoms with van der Waals surface area (Å²) in [6.07, 6.45) is 1.40. The number of rotatable bonds is 1. The van der Waals surface area contributed by atoms with Gasteiger partial charge in [-0.2, -0.15) is 5.26 Å². The minimum absolute atomic E-state index is 0.0498. The van der Waals surface area contributed by atoms with E-state index in [1.54, 1.807) is 6.07 Å². The van der Waals surface area contributed by atoms with Crippen LogP contribution in [0.4, 0.5) is 0 Å². The molecule has 1 aromatic heterocycles. The molecule has 0 radical (unpaired) electrons. The number of aromatic carboxylic acids is 1. The number of hydrogen-bond acceptors (Lipinski definition) is 3. The molecule has 0 saturated carbocycles. The average Bonchev–Trinajstić information content (AvgIpc) is 2.62. The Kier molecular flexibility index (Phi) is 1.68. The summed E-state index contributed by atoms with van der Waals surface area (Å²) in [5, 5.41) is 17.6. The van der Waals surface area contributed by atoms with E-state index in [1.807, 2.05) is 6.07 Å². The van der Waals surface area contributed by atoms with Crippen LogP contribution in [0.3, 0.4) is 0 Å². The zero-order chi connectivity index (χ0) is 10.1. The summed E-state index contributed by atoms with van der Waals surface area (Å²) in [7, 11) is 0. The maximum Gasteiger partial charge on any atom is 0.339 e. The van der Waals surface area contributed by atoms with E-state index in [0.717, 1.165) is 0 Å². The molecule has 14 heavy (non-hydrogen) atoms. The van der Waals surface area contributed by atoms with Crippen LogP contribution in [0.5, 0.6) is 0 Å². The SMILES string of the molecule is N#Cc1ccc2[nH]cnc2c1C(=O)O. The molecule has 2 aromatic rings. The smallest absolute Gasteiger partial charge is 0.339 e. The number of nitriles is 1. The van der Waals surface area contributed by atoms with E-state index in [1.165, 1.54) is 12.4 Å². The minimum Gasteiger partial charge on any atom is -0.478 e. The van der Waals surface area contributed by atoms with Crippen molar-refractivity contribution in [3.63, 3.8) is 0 Å². The largest absolute Gasteiger partial charge is 0.478 e. The van der Waals surface area contributed by atoms with Crippen molar-refractivity contribution in [1.29, 1.82) is 5.26 Å². The van der Waals surface area contributed by atoms with Crippen molar-refractivity contribution in [2.75, 3.05) is 0 Å². The topological polar surface area (TPSA) is 89.8 Å². The summed E-state index contributed by atoms with van der Waals surface area (Å²) < 4.78 is 0. The van der Waals surface area contributed by atoms with Crippen molar-refractivity contribution in [2.24, 2.45) is 0 Å². The molecular weight excluding hydrogens is 182 g/mol. The number of aromatic amines is 1. The molecule has 0 aliphatic carbocycles. The number of nitrogens with one attached hydrogen (secondary N) is 1. The maximum atomic E-state index is 10.9. The number of H-pyrrole nitrogens is 1. The number of carbonyl (C=O) groups is 1. The third-order valence-corrected chi connectivity index (χ3v) is 1.93. The van der Waals surface area contributed by atoms with Gasteiger partial charge in [-0.3, -0.25) is 0 Å². The van der Waals surface area contributed by atoms with Crippen LogP contribution in [0.15, 0.2) is 18.5 Å². The molecule has 1 aromatic carbocycles. The lowest BCUT2D eigenvalue weighted by molar-refractivity contribution is 0.0698. The highest BCUT2D eigenvalue weighted by molar-refractivity contribution is 6.03. The summed E-state index contributed by atoms with van der Waals surface area (Å²) in [5.74, 6) is -1.14. The van der Waals surface area contributed by atoms with Crippen molar-refractivity contribution in [3.05, 3.63) is 29.6 Å². The van der Waals surface area contributed by atoms with Gasteiger partial charge >= 0.3 is 5.97 Å². The van der Waals surface area contributed by atoms with Crippen LogP contribution < -0.4 is 0 Å². The average molecular weight is 187 g/mol. The van der Waals surface area contributed by atoms with Gasteiger partial charge < -0.3 is 10.1 Å². The van der Waals surface area contributed by atoms with Crippen LogP contribution >= 0.6 is 0 Å². The Hall–Kier alpha value is -2.35. The Balaban J connectivity index is 2.91. The molecule has 0 atom stereocenters. The van der Waals surface area contributed by atoms with E-state index < -0.39 is 5.97 Å².